The number of hydrogen-bond acceptors (Lipinski definition) is 5. The Morgan fingerprint density at radius 1 is 1.07 bits per heavy atom. The fourth-order valence-corrected chi connectivity index (χ4v) is 3.23. The maximum absolute atomic E-state index is 12.4. The summed E-state index contributed by atoms with van der Waals surface area (Å²) in [7, 11) is 0. The van der Waals surface area contributed by atoms with Crippen molar-refractivity contribution in [3.63, 3.8) is 0 Å². The molecule has 0 unspecified atom stereocenters. The van der Waals surface area contributed by atoms with Crippen molar-refractivity contribution in [3.8, 4) is 5.75 Å². The Morgan fingerprint density at radius 3 is 2.62 bits per heavy atom. The number of furan rings is 1. The van der Waals surface area contributed by atoms with Crippen molar-refractivity contribution in [2.75, 3.05) is 11.9 Å². The second-order valence-corrected chi connectivity index (χ2v) is 6.75. The lowest BCUT2D eigenvalue weighted by molar-refractivity contribution is -0.384. The van der Waals surface area contributed by atoms with Crippen LogP contribution in [0.2, 0.25) is 0 Å². The maximum Gasteiger partial charge on any atom is 0.293 e. The largest absolute Gasteiger partial charge is 0.484 e. The van der Waals surface area contributed by atoms with Gasteiger partial charge in [-0.3, -0.25) is 14.9 Å². The van der Waals surface area contributed by atoms with E-state index in [0.29, 0.717) is 11.3 Å². The predicted octanol–water partition coefficient (Wildman–Crippen LogP) is 5.13. The Hall–Kier alpha value is -3.87. The van der Waals surface area contributed by atoms with E-state index in [-0.39, 0.29) is 18.0 Å². The van der Waals surface area contributed by atoms with E-state index in [1.54, 1.807) is 25.1 Å². The number of benzene rings is 3. The van der Waals surface area contributed by atoms with Crippen LogP contribution in [0.5, 0.6) is 5.75 Å². The minimum absolute atomic E-state index is 0.146. The van der Waals surface area contributed by atoms with Gasteiger partial charge in [0.1, 0.15) is 22.6 Å². The van der Waals surface area contributed by atoms with Gasteiger partial charge in [-0.1, -0.05) is 24.3 Å². The Morgan fingerprint density at radius 2 is 1.83 bits per heavy atom. The summed E-state index contributed by atoms with van der Waals surface area (Å²) in [5.74, 6) is 0.0358. The van der Waals surface area contributed by atoms with Crippen molar-refractivity contribution in [2.24, 2.45) is 0 Å². The molecule has 0 saturated carbocycles. The highest BCUT2D eigenvalue weighted by Gasteiger charge is 2.19. The van der Waals surface area contributed by atoms with E-state index in [2.05, 4.69) is 5.32 Å². The lowest BCUT2D eigenvalue weighted by Gasteiger charge is -2.11. The molecule has 3 aromatic carbocycles. The molecule has 0 spiro atoms. The molecular weight excluding hydrogens is 372 g/mol. The first-order valence-corrected chi connectivity index (χ1v) is 9.02. The minimum Gasteiger partial charge on any atom is -0.484 e. The van der Waals surface area contributed by atoms with Crippen molar-refractivity contribution >= 4 is 39.2 Å². The fourth-order valence-electron chi connectivity index (χ4n) is 3.23. The van der Waals surface area contributed by atoms with Crippen molar-refractivity contribution in [1.29, 1.82) is 0 Å². The van der Waals surface area contributed by atoms with Gasteiger partial charge in [-0.2, -0.15) is 0 Å². The van der Waals surface area contributed by atoms with Crippen LogP contribution in [-0.2, 0) is 4.79 Å². The lowest BCUT2D eigenvalue weighted by Crippen LogP contribution is -2.21. The molecule has 0 aliphatic carbocycles. The number of rotatable bonds is 5. The summed E-state index contributed by atoms with van der Waals surface area (Å²) in [6.45, 7) is 3.29. The number of nitro benzene ring substituents is 1. The quantitative estimate of drug-likeness (QED) is 0.377. The van der Waals surface area contributed by atoms with Crippen molar-refractivity contribution < 1.29 is 18.9 Å². The summed E-state index contributed by atoms with van der Waals surface area (Å²) in [6, 6.07) is 16.0. The standard InChI is InChI=1S/C22H18N2O5/c1-13-7-9-18(24(26)27)22(14(13)2)23-21(25)12-28-15-8-10-20-17(11-15)16-5-3-4-6-19(16)29-20/h3-11H,12H2,1-2H3,(H,23,25). The highest BCUT2D eigenvalue weighted by Crippen LogP contribution is 2.32. The Kier molecular flexibility index (Phi) is 4.64. The number of nitro groups is 1. The third kappa shape index (κ3) is 3.50. The number of para-hydroxylation sites is 1. The molecule has 0 atom stereocenters. The molecule has 29 heavy (non-hydrogen) atoms. The molecule has 1 heterocycles. The number of carbonyl (C=O) groups is 1. The van der Waals surface area contributed by atoms with Crippen molar-refractivity contribution in [2.45, 2.75) is 13.8 Å². The molecule has 0 saturated heterocycles. The number of amides is 1. The minimum atomic E-state index is -0.513. The zero-order valence-electron chi connectivity index (χ0n) is 15.9. The molecule has 4 rings (SSSR count). The molecule has 1 amide bonds. The zero-order chi connectivity index (χ0) is 20.5. The van der Waals surface area contributed by atoms with Gasteiger partial charge < -0.3 is 14.5 Å². The van der Waals surface area contributed by atoms with E-state index in [1.165, 1.54) is 6.07 Å². The van der Waals surface area contributed by atoms with Crippen molar-refractivity contribution in [1.82, 2.24) is 0 Å². The molecule has 1 N–H and O–H groups in total. The monoisotopic (exact) mass is 390 g/mol. The number of fused-ring (bicyclic) bond motifs is 3. The highest BCUT2D eigenvalue weighted by atomic mass is 16.6. The van der Waals surface area contributed by atoms with Gasteiger partial charge in [0.2, 0.25) is 0 Å². The number of nitrogens with one attached hydrogen (secondary N) is 1. The molecule has 146 valence electrons. The molecular formula is C22H18N2O5. The maximum atomic E-state index is 12.4. The molecule has 1 aromatic heterocycles. The first kappa shape index (κ1) is 18.5. The summed E-state index contributed by atoms with van der Waals surface area (Å²) >= 11 is 0. The van der Waals surface area contributed by atoms with Gasteiger partial charge in [0.25, 0.3) is 11.6 Å². The number of aryl methyl sites for hydroxylation is 1. The lowest BCUT2D eigenvalue weighted by atomic mass is 10.1. The number of anilines is 1. The van der Waals surface area contributed by atoms with Crippen LogP contribution in [0.4, 0.5) is 11.4 Å². The molecule has 0 radical (unpaired) electrons. The first-order valence-electron chi connectivity index (χ1n) is 9.02. The van der Waals surface area contributed by atoms with E-state index < -0.39 is 10.8 Å². The van der Waals surface area contributed by atoms with Gasteiger partial charge in [0.15, 0.2) is 6.61 Å². The predicted molar refractivity (Wildman–Crippen MR) is 110 cm³/mol. The van der Waals surface area contributed by atoms with E-state index >= 15 is 0 Å². The van der Waals surface area contributed by atoms with Crippen LogP contribution >= 0.6 is 0 Å². The number of hydrogen-bond donors (Lipinski definition) is 1. The Balaban J connectivity index is 1.53. The zero-order valence-corrected chi connectivity index (χ0v) is 15.9. The fraction of sp³-hybridized carbons (Fsp3) is 0.136. The molecule has 0 aliphatic rings. The van der Waals surface area contributed by atoms with E-state index in [1.807, 2.05) is 37.3 Å². The summed E-state index contributed by atoms with van der Waals surface area (Å²) < 4.78 is 11.4. The molecule has 0 aliphatic heterocycles. The summed E-state index contributed by atoms with van der Waals surface area (Å²) in [5, 5.41) is 15.7. The average Bonchev–Trinajstić information content (AvgIpc) is 3.07. The van der Waals surface area contributed by atoms with Gasteiger partial charge in [0, 0.05) is 16.8 Å². The van der Waals surface area contributed by atoms with Crippen LogP contribution in [-0.4, -0.2) is 17.4 Å². The van der Waals surface area contributed by atoms with E-state index in [9.17, 15) is 14.9 Å². The van der Waals surface area contributed by atoms with Crippen LogP contribution < -0.4 is 10.1 Å². The second-order valence-electron chi connectivity index (χ2n) is 6.75. The highest BCUT2D eigenvalue weighted by molar-refractivity contribution is 6.05. The van der Waals surface area contributed by atoms with Crippen LogP contribution in [0.25, 0.3) is 21.9 Å². The van der Waals surface area contributed by atoms with Gasteiger partial charge >= 0.3 is 0 Å². The second kappa shape index (κ2) is 7.27. The summed E-state index contributed by atoms with van der Waals surface area (Å²) in [6.07, 6.45) is 0. The number of carbonyl (C=O) groups excluding carboxylic acids is 1. The topological polar surface area (TPSA) is 94.6 Å². The number of nitrogens with zero attached hydrogens (tertiary/aromatic N) is 1. The Bertz CT molecular complexity index is 1260. The van der Waals surface area contributed by atoms with Crippen LogP contribution in [0, 0.1) is 24.0 Å². The average molecular weight is 390 g/mol. The normalized spacial score (nSPS) is 11.0. The SMILES string of the molecule is Cc1ccc([N+](=O)[O-])c(NC(=O)COc2ccc3oc4ccccc4c3c2)c1C. The molecule has 0 bridgehead atoms. The van der Waals surface area contributed by atoms with Gasteiger partial charge in [-0.15, -0.1) is 0 Å². The van der Waals surface area contributed by atoms with Gasteiger partial charge in [-0.25, -0.2) is 0 Å². The third-order valence-electron chi connectivity index (χ3n) is 4.89. The van der Waals surface area contributed by atoms with Gasteiger partial charge in [0.05, 0.1) is 4.92 Å². The third-order valence-corrected chi connectivity index (χ3v) is 4.89. The molecule has 7 nitrogen and oxygen atoms in total. The smallest absolute Gasteiger partial charge is 0.293 e. The van der Waals surface area contributed by atoms with Crippen LogP contribution in [0.15, 0.2) is 59.0 Å². The van der Waals surface area contributed by atoms with Gasteiger partial charge in [-0.05, 0) is 49.2 Å². The van der Waals surface area contributed by atoms with E-state index in [0.717, 1.165) is 27.5 Å². The Labute approximate surface area is 166 Å². The first-order chi connectivity index (χ1) is 13.9. The van der Waals surface area contributed by atoms with Crippen LogP contribution in [0.3, 0.4) is 0 Å². The molecule has 0 fully saturated rings. The molecule has 7 heteroatoms. The number of ether oxygens (including phenoxy) is 1. The summed E-state index contributed by atoms with van der Waals surface area (Å²) in [4.78, 5) is 23.1. The summed E-state index contributed by atoms with van der Waals surface area (Å²) in [5.41, 5.74) is 3.06. The molecule has 4 aromatic rings. The van der Waals surface area contributed by atoms with E-state index in [4.69, 9.17) is 9.15 Å². The van der Waals surface area contributed by atoms with Crippen molar-refractivity contribution in [3.05, 3.63) is 75.8 Å². The van der Waals surface area contributed by atoms with Crippen LogP contribution in [0.1, 0.15) is 11.1 Å².